The molecule has 1 aliphatic rings. The van der Waals surface area contributed by atoms with Crippen LogP contribution >= 0.6 is 11.6 Å². The SMILES string of the molecule is CC(C)(CNc1c(N)cccc1Cl)C1CCCC1. The molecular formula is C15H23ClN2. The molecular weight excluding hydrogens is 244 g/mol. The summed E-state index contributed by atoms with van der Waals surface area (Å²) in [7, 11) is 0. The van der Waals surface area contributed by atoms with Crippen molar-refractivity contribution in [2.45, 2.75) is 39.5 Å². The molecule has 0 bridgehead atoms. The topological polar surface area (TPSA) is 38.0 Å². The predicted molar refractivity (Wildman–Crippen MR) is 80.1 cm³/mol. The average molecular weight is 267 g/mol. The van der Waals surface area contributed by atoms with Crippen LogP contribution in [0.15, 0.2) is 18.2 Å². The Labute approximate surface area is 115 Å². The molecule has 1 aromatic carbocycles. The van der Waals surface area contributed by atoms with Crippen molar-refractivity contribution in [3.8, 4) is 0 Å². The summed E-state index contributed by atoms with van der Waals surface area (Å²) in [5, 5.41) is 4.15. The van der Waals surface area contributed by atoms with E-state index < -0.39 is 0 Å². The molecule has 0 spiro atoms. The summed E-state index contributed by atoms with van der Waals surface area (Å²) in [6.45, 7) is 5.59. The van der Waals surface area contributed by atoms with Gasteiger partial charge in [-0.05, 0) is 36.3 Å². The van der Waals surface area contributed by atoms with Crippen molar-refractivity contribution >= 4 is 23.0 Å². The van der Waals surface area contributed by atoms with Crippen molar-refractivity contribution in [3.05, 3.63) is 23.2 Å². The van der Waals surface area contributed by atoms with Crippen molar-refractivity contribution in [2.24, 2.45) is 11.3 Å². The largest absolute Gasteiger partial charge is 0.397 e. The van der Waals surface area contributed by atoms with Gasteiger partial charge in [0.25, 0.3) is 0 Å². The van der Waals surface area contributed by atoms with Crippen LogP contribution in [0.5, 0.6) is 0 Å². The van der Waals surface area contributed by atoms with Crippen LogP contribution in [0.1, 0.15) is 39.5 Å². The van der Waals surface area contributed by atoms with Gasteiger partial charge < -0.3 is 11.1 Å². The highest BCUT2D eigenvalue weighted by molar-refractivity contribution is 6.33. The van der Waals surface area contributed by atoms with Crippen molar-refractivity contribution < 1.29 is 0 Å². The highest BCUT2D eigenvalue weighted by Gasteiger charge is 2.31. The molecule has 2 rings (SSSR count). The number of hydrogen-bond donors (Lipinski definition) is 2. The van der Waals surface area contributed by atoms with Crippen LogP contribution in [0.25, 0.3) is 0 Å². The highest BCUT2D eigenvalue weighted by Crippen LogP contribution is 2.40. The van der Waals surface area contributed by atoms with Crippen LogP contribution in [0.3, 0.4) is 0 Å². The maximum absolute atomic E-state index is 6.18. The van der Waals surface area contributed by atoms with E-state index in [1.807, 2.05) is 18.2 Å². The van der Waals surface area contributed by atoms with Gasteiger partial charge in [0, 0.05) is 6.54 Å². The van der Waals surface area contributed by atoms with E-state index in [0.717, 1.165) is 23.8 Å². The van der Waals surface area contributed by atoms with Crippen LogP contribution < -0.4 is 11.1 Å². The van der Waals surface area contributed by atoms with Gasteiger partial charge in [0.2, 0.25) is 0 Å². The minimum Gasteiger partial charge on any atom is -0.397 e. The number of nitrogen functional groups attached to an aromatic ring is 1. The van der Waals surface area contributed by atoms with Gasteiger partial charge in [0.15, 0.2) is 0 Å². The van der Waals surface area contributed by atoms with Crippen LogP contribution in [-0.4, -0.2) is 6.54 Å². The first-order valence-electron chi connectivity index (χ1n) is 6.78. The summed E-state index contributed by atoms with van der Waals surface area (Å²) in [6.07, 6.45) is 5.46. The van der Waals surface area contributed by atoms with Gasteiger partial charge in [-0.3, -0.25) is 0 Å². The van der Waals surface area contributed by atoms with E-state index in [-0.39, 0.29) is 0 Å². The molecule has 0 saturated heterocycles. The van der Waals surface area contributed by atoms with Gasteiger partial charge in [0.05, 0.1) is 16.4 Å². The summed E-state index contributed by atoms with van der Waals surface area (Å²) >= 11 is 6.18. The third kappa shape index (κ3) is 2.92. The number of hydrogen-bond acceptors (Lipinski definition) is 2. The Morgan fingerprint density at radius 3 is 2.61 bits per heavy atom. The minimum atomic E-state index is 0.294. The second kappa shape index (κ2) is 5.40. The van der Waals surface area contributed by atoms with Crippen molar-refractivity contribution in [3.63, 3.8) is 0 Å². The molecule has 0 radical (unpaired) electrons. The summed E-state index contributed by atoms with van der Waals surface area (Å²) in [6, 6.07) is 5.64. The fourth-order valence-electron chi connectivity index (χ4n) is 2.90. The Bertz CT molecular complexity index is 389. The van der Waals surface area contributed by atoms with Crippen molar-refractivity contribution in [1.82, 2.24) is 0 Å². The molecule has 3 N–H and O–H groups in total. The Balaban J connectivity index is 2.02. The molecule has 3 heteroatoms. The van der Waals surface area contributed by atoms with Crippen LogP contribution in [0.4, 0.5) is 11.4 Å². The van der Waals surface area contributed by atoms with E-state index in [1.54, 1.807) is 0 Å². The summed E-state index contributed by atoms with van der Waals surface area (Å²) < 4.78 is 0. The number of para-hydroxylation sites is 1. The number of nitrogens with two attached hydrogens (primary N) is 1. The molecule has 2 nitrogen and oxygen atoms in total. The van der Waals surface area contributed by atoms with E-state index in [0.29, 0.717) is 10.4 Å². The first-order chi connectivity index (χ1) is 8.50. The average Bonchev–Trinajstić information content (AvgIpc) is 2.82. The van der Waals surface area contributed by atoms with Gasteiger partial charge in [-0.2, -0.15) is 0 Å². The lowest BCUT2D eigenvalue weighted by molar-refractivity contribution is 0.234. The molecule has 0 unspecified atom stereocenters. The molecule has 0 aromatic heterocycles. The Hall–Kier alpha value is -0.890. The first kappa shape index (κ1) is 13.5. The second-order valence-corrected chi connectivity index (χ2v) is 6.43. The zero-order valence-electron chi connectivity index (χ0n) is 11.3. The molecule has 1 aromatic rings. The van der Waals surface area contributed by atoms with Gasteiger partial charge >= 0.3 is 0 Å². The number of halogens is 1. The van der Waals surface area contributed by atoms with Crippen LogP contribution in [-0.2, 0) is 0 Å². The molecule has 1 fully saturated rings. The lowest BCUT2D eigenvalue weighted by atomic mass is 9.77. The molecule has 1 aliphatic carbocycles. The standard InChI is InChI=1S/C15H23ClN2/c1-15(2,11-6-3-4-7-11)10-18-14-12(16)8-5-9-13(14)17/h5,8-9,11,18H,3-4,6-7,10,17H2,1-2H3. The monoisotopic (exact) mass is 266 g/mol. The maximum Gasteiger partial charge on any atom is 0.0763 e. The Morgan fingerprint density at radius 2 is 2.00 bits per heavy atom. The number of rotatable bonds is 4. The van der Waals surface area contributed by atoms with E-state index in [9.17, 15) is 0 Å². The summed E-state index contributed by atoms with van der Waals surface area (Å²) in [4.78, 5) is 0. The molecule has 0 amide bonds. The molecule has 0 heterocycles. The number of nitrogens with one attached hydrogen (secondary N) is 1. The van der Waals surface area contributed by atoms with Gasteiger partial charge in [-0.25, -0.2) is 0 Å². The number of benzene rings is 1. The van der Waals surface area contributed by atoms with E-state index in [2.05, 4.69) is 19.2 Å². The van der Waals surface area contributed by atoms with Crippen molar-refractivity contribution in [1.29, 1.82) is 0 Å². The molecule has 100 valence electrons. The van der Waals surface area contributed by atoms with E-state index >= 15 is 0 Å². The summed E-state index contributed by atoms with van der Waals surface area (Å²) in [5.74, 6) is 0.814. The first-order valence-corrected chi connectivity index (χ1v) is 7.16. The lowest BCUT2D eigenvalue weighted by Gasteiger charge is -2.32. The third-order valence-corrected chi connectivity index (χ3v) is 4.54. The maximum atomic E-state index is 6.18. The minimum absolute atomic E-state index is 0.294. The smallest absolute Gasteiger partial charge is 0.0763 e. The predicted octanol–water partition coefficient (Wildman–Crippen LogP) is 4.55. The van der Waals surface area contributed by atoms with Crippen LogP contribution in [0, 0.1) is 11.3 Å². The molecule has 18 heavy (non-hydrogen) atoms. The summed E-state index contributed by atoms with van der Waals surface area (Å²) in [5.41, 5.74) is 7.86. The van der Waals surface area contributed by atoms with Crippen molar-refractivity contribution in [2.75, 3.05) is 17.6 Å². The lowest BCUT2D eigenvalue weighted by Crippen LogP contribution is -2.30. The Kier molecular flexibility index (Phi) is 4.06. The van der Waals surface area contributed by atoms with Crippen LogP contribution in [0.2, 0.25) is 5.02 Å². The molecule has 1 saturated carbocycles. The second-order valence-electron chi connectivity index (χ2n) is 6.03. The Morgan fingerprint density at radius 1 is 1.33 bits per heavy atom. The van der Waals surface area contributed by atoms with E-state index in [1.165, 1.54) is 25.7 Å². The van der Waals surface area contributed by atoms with E-state index in [4.69, 9.17) is 17.3 Å². The molecule has 0 atom stereocenters. The molecule has 0 aliphatic heterocycles. The number of anilines is 2. The van der Waals surface area contributed by atoms with Gasteiger partial charge in [0.1, 0.15) is 0 Å². The van der Waals surface area contributed by atoms with Gasteiger partial charge in [-0.1, -0.05) is 44.4 Å². The zero-order chi connectivity index (χ0) is 13.2. The quantitative estimate of drug-likeness (QED) is 0.785. The van der Waals surface area contributed by atoms with Gasteiger partial charge in [-0.15, -0.1) is 0 Å². The fraction of sp³-hybridized carbons (Fsp3) is 0.600. The zero-order valence-corrected chi connectivity index (χ0v) is 12.1. The highest BCUT2D eigenvalue weighted by atomic mass is 35.5. The third-order valence-electron chi connectivity index (χ3n) is 4.23. The fourth-order valence-corrected chi connectivity index (χ4v) is 3.14. The normalized spacial score (nSPS) is 17.1.